The van der Waals surface area contributed by atoms with Gasteiger partial charge in [-0.1, -0.05) is 0 Å². The molecule has 2 aromatic heterocycles. The molecule has 2 aliphatic carbocycles. The summed E-state index contributed by atoms with van der Waals surface area (Å²) in [7, 11) is 1.51. The van der Waals surface area contributed by atoms with Gasteiger partial charge in [-0.3, -0.25) is 14.9 Å². The van der Waals surface area contributed by atoms with E-state index in [1.807, 2.05) is 13.0 Å². The average molecular weight is 428 g/mol. The van der Waals surface area contributed by atoms with Crippen LogP contribution >= 0.6 is 0 Å². The van der Waals surface area contributed by atoms with Crippen LogP contribution in [0.5, 0.6) is 5.88 Å². The van der Waals surface area contributed by atoms with Gasteiger partial charge < -0.3 is 20.1 Å². The highest BCUT2D eigenvalue weighted by atomic mass is 16.6. The van der Waals surface area contributed by atoms with E-state index in [2.05, 4.69) is 30.8 Å². The number of amides is 2. The van der Waals surface area contributed by atoms with Crippen molar-refractivity contribution in [2.24, 2.45) is 5.92 Å². The standard InChI is InChI=1S/C21H28N6O4/c1-12(13-3-4-13)24-21(29)31-16-6-5-14(7-16)17-9-18(27-26-17)25-19(28)8-15-10-23-20(30-2)11-22-15/h9-14,16H,3-8H2,1-2H3,(H,24,29)(H2,25,26,27,28)/t12-,14+,16-/m1/s1. The predicted octanol–water partition coefficient (Wildman–Crippen LogP) is 2.55. The van der Waals surface area contributed by atoms with Crippen LogP contribution in [0.3, 0.4) is 0 Å². The van der Waals surface area contributed by atoms with E-state index in [0.717, 1.165) is 25.0 Å². The van der Waals surface area contributed by atoms with Crippen LogP contribution in [-0.4, -0.2) is 51.4 Å². The first-order valence-corrected chi connectivity index (χ1v) is 10.7. The molecule has 0 aromatic carbocycles. The number of nitrogens with one attached hydrogen (secondary N) is 3. The molecule has 0 saturated heterocycles. The zero-order valence-corrected chi connectivity index (χ0v) is 17.8. The molecular weight excluding hydrogens is 400 g/mol. The van der Waals surface area contributed by atoms with E-state index in [-0.39, 0.29) is 36.5 Å². The summed E-state index contributed by atoms with van der Waals surface area (Å²) in [6.07, 6.45) is 7.44. The lowest BCUT2D eigenvalue weighted by Gasteiger charge is -2.16. The van der Waals surface area contributed by atoms with Crippen molar-refractivity contribution in [2.45, 2.75) is 63.5 Å². The quantitative estimate of drug-likeness (QED) is 0.589. The lowest BCUT2D eigenvalue weighted by molar-refractivity contribution is -0.115. The van der Waals surface area contributed by atoms with Crippen LogP contribution in [-0.2, 0) is 16.0 Å². The number of aromatic nitrogens is 4. The molecule has 2 amide bonds. The monoisotopic (exact) mass is 428 g/mol. The van der Waals surface area contributed by atoms with Gasteiger partial charge in [-0.25, -0.2) is 9.78 Å². The van der Waals surface area contributed by atoms with Gasteiger partial charge >= 0.3 is 6.09 Å². The number of carbonyl (C=O) groups is 2. The molecule has 0 bridgehead atoms. The fourth-order valence-corrected chi connectivity index (χ4v) is 3.92. The number of ether oxygens (including phenoxy) is 2. The van der Waals surface area contributed by atoms with Crippen LogP contribution in [0.25, 0.3) is 0 Å². The van der Waals surface area contributed by atoms with Gasteiger partial charge in [-0.2, -0.15) is 5.10 Å². The van der Waals surface area contributed by atoms with E-state index in [4.69, 9.17) is 9.47 Å². The number of aromatic amines is 1. The van der Waals surface area contributed by atoms with Gasteiger partial charge in [0.05, 0.1) is 31.6 Å². The Kier molecular flexibility index (Phi) is 6.34. The Bertz CT molecular complexity index is 911. The third-order valence-electron chi connectivity index (χ3n) is 5.87. The molecule has 10 nitrogen and oxygen atoms in total. The molecule has 2 fully saturated rings. The predicted molar refractivity (Wildman–Crippen MR) is 112 cm³/mol. The zero-order chi connectivity index (χ0) is 21.8. The number of alkyl carbamates (subject to hydrolysis) is 1. The summed E-state index contributed by atoms with van der Waals surface area (Å²) < 4.78 is 10.5. The van der Waals surface area contributed by atoms with Crippen LogP contribution in [0, 0.1) is 5.92 Å². The van der Waals surface area contributed by atoms with Gasteiger partial charge in [0.2, 0.25) is 11.8 Å². The van der Waals surface area contributed by atoms with Gasteiger partial charge in [-0.05, 0) is 44.9 Å². The molecule has 0 radical (unpaired) electrons. The third-order valence-corrected chi connectivity index (χ3v) is 5.87. The molecule has 2 aromatic rings. The molecule has 4 rings (SSSR count). The van der Waals surface area contributed by atoms with Crippen LogP contribution < -0.4 is 15.4 Å². The van der Waals surface area contributed by atoms with Crippen molar-refractivity contribution in [1.29, 1.82) is 0 Å². The molecule has 10 heteroatoms. The number of carbonyl (C=O) groups excluding carboxylic acids is 2. The number of anilines is 1. The van der Waals surface area contributed by atoms with E-state index >= 15 is 0 Å². The highest BCUT2D eigenvalue weighted by molar-refractivity contribution is 5.91. The molecule has 3 N–H and O–H groups in total. The summed E-state index contributed by atoms with van der Waals surface area (Å²) in [5.74, 6) is 1.44. The minimum atomic E-state index is -0.329. The molecule has 3 atom stereocenters. The summed E-state index contributed by atoms with van der Waals surface area (Å²) in [5.41, 5.74) is 1.47. The van der Waals surface area contributed by atoms with Crippen LogP contribution in [0.4, 0.5) is 10.6 Å². The summed E-state index contributed by atoms with van der Waals surface area (Å²) >= 11 is 0. The minimum Gasteiger partial charge on any atom is -0.480 e. The Labute approximate surface area is 180 Å². The smallest absolute Gasteiger partial charge is 0.407 e. The van der Waals surface area contributed by atoms with Crippen molar-refractivity contribution in [3.8, 4) is 5.88 Å². The van der Waals surface area contributed by atoms with Gasteiger partial charge in [0, 0.05) is 23.7 Å². The number of methoxy groups -OCH3 is 1. The van der Waals surface area contributed by atoms with E-state index in [0.29, 0.717) is 23.3 Å². The second kappa shape index (κ2) is 9.32. The Morgan fingerprint density at radius 3 is 2.77 bits per heavy atom. The maximum absolute atomic E-state index is 12.3. The largest absolute Gasteiger partial charge is 0.480 e. The number of nitrogens with zero attached hydrogens (tertiary/aromatic N) is 3. The topological polar surface area (TPSA) is 131 Å². The number of H-pyrrole nitrogens is 1. The van der Waals surface area contributed by atoms with Crippen molar-refractivity contribution in [1.82, 2.24) is 25.5 Å². The van der Waals surface area contributed by atoms with Crippen molar-refractivity contribution < 1.29 is 19.1 Å². The second-order valence-electron chi connectivity index (χ2n) is 8.29. The van der Waals surface area contributed by atoms with E-state index in [1.165, 1.54) is 32.3 Å². The molecule has 31 heavy (non-hydrogen) atoms. The van der Waals surface area contributed by atoms with E-state index < -0.39 is 0 Å². The first kappa shape index (κ1) is 21.1. The number of rotatable bonds is 8. The van der Waals surface area contributed by atoms with Crippen LogP contribution in [0.2, 0.25) is 0 Å². The summed E-state index contributed by atoms with van der Waals surface area (Å²) in [5, 5.41) is 12.9. The lowest BCUT2D eigenvalue weighted by Crippen LogP contribution is -2.36. The molecule has 0 unspecified atom stereocenters. The average Bonchev–Trinajstić information content (AvgIpc) is 3.34. The van der Waals surface area contributed by atoms with Gasteiger partial charge in [0.25, 0.3) is 0 Å². The zero-order valence-electron chi connectivity index (χ0n) is 17.8. The Morgan fingerprint density at radius 1 is 1.23 bits per heavy atom. The van der Waals surface area contributed by atoms with Crippen molar-refractivity contribution in [3.63, 3.8) is 0 Å². The van der Waals surface area contributed by atoms with Crippen molar-refractivity contribution >= 4 is 17.8 Å². The molecule has 166 valence electrons. The fourth-order valence-electron chi connectivity index (χ4n) is 3.92. The van der Waals surface area contributed by atoms with Gasteiger partial charge in [0.15, 0.2) is 5.82 Å². The Balaban J connectivity index is 1.23. The SMILES string of the molecule is COc1cnc(CC(=O)Nc2cc([C@H]3CC[C@@H](OC(=O)N[C@H](C)C4CC4)C3)[nH]n2)cn1. The van der Waals surface area contributed by atoms with Gasteiger partial charge in [0.1, 0.15) is 6.10 Å². The van der Waals surface area contributed by atoms with Crippen LogP contribution in [0.15, 0.2) is 18.5 Å². The maximum atomic E-state index is 12.3. The van der Waals surface area contributed by atoms with Crippen molar-refractivity contribution in [3.05, 3.63) is 29.8 Å². The second-order valence-corrected chi connectivity index (χ2v) is 8.29. The third kappa shape index (κ3) is 5.71. The van der Waals surface area contributed by atoms with Gasteiger partial charge in [-0.15, -0.1) is 0 Å². The fraction of sp³-hybridized carbons (Fsp3) is 0.571. The molecule has 0 spiro atoms. The number of hydrogen-bond acceptors (Lipinski definition) is 7. The summed E-state index contributed by atoms with van der Waals surface area (Å²) in [6, 6.07) is 2.01. The minimum absolute atomic E-state index is 0.0902. The molecule has 2 saturated carbocycles. The first-order valence-electron chi connectivity index (χ1n) is 10.7. The highest BCUT2D eigenvalue weighted by Crippen LogP contribution is 2.36. The first-order chi connectivity index (χ1) is 15.0. The summed E-state index contributed by atoms with van der Waals surface area (Å²) in [4.78, 5) is 32.5. The van der Waals surface area contributed by atoms with Crippen molar-refractivity contribution in [2.75, 3.05) is 12.4 Å². The van der Waals surface area contributed by atoms with Crippen LogP contribution in [0.1, 0.15) is 56.3 Å². The molecular formula is C21H28N6O4. The highest BCUT2D eigenvalue weighted by Gasteiger charge is 2.32. The van der Waals surface area contributed by atoms with E-state index in [1.54, 1.807) is 0 Å². The molecule has 2 heterocycles. The summed E-state index contributed by atoms with van der Waals surface area (Å²) in [6.45, 7) is 2.03. The Hall–Kier alpha value is -3.17. The van der Waals surface area contributed by atoms with E-state index in [9.17, 15) is 9.59 Å². The molecule has 2 aliphatic rings. The maximum Gasteiger partial charge on any atom is 0.407 e. The number of hydrogen-bond donors (Lipinski definition) is 3. The normalized spacial score (nSPS) is 21.4. The Morgan fingerprint density at radius 2 is 2.06 bits per heavy atom. The molecule has 0 aliphatic heterocycles. The lowest BCUT2D eigenvalue weighted by atomic mass is 10.0.